The predicted molar refractivity (Wildman–Crippen MR) is 95.1 cm³/mol. The van der Waals surface area contributed by atoms with Gasteiger partial charge in [0, 0.05) is 6.04 Å². The topological polar surface area (TPSA) is 103 Å². The number of nitrogens with two attached hydrogens (primary N) is 1. The van der Waals surface area contributed by atoms with Crippen LogP contribution in [0.5, 0.6) is 0 Å². The number of anilines is 1. The Kier molecular flexibility index (Phi) is 4.92. The Morgan fingerprint density at radius 1 is 1.36 bits per heavy atom. The molecule has 2 heterocycles. The van der Waals surface area contributed by atoms with Gasteiger partial charge in [0.05, 0.1) is 0 Å². The lowest BCUT2D eigenvalue weighted by Crippen LogP contribution is -2.43. The lowest BCUT2D eigenvalue weighted by molar-refractivity contribution is -0.125. The molecule has 0 saturated heterocycles. The van der Waals surface area contributed by atoms with Gasteiger partial charge in [0.15, 0.2) is 5.76 Å². The van der Waals surface area contributed by atoms with Gasteiger partial charge in [0.25, 0.3) is 5.56 Å². The molecule has 0 radical (unpaired) electrons. The highest BCUT2D eigenvalue weighted by Crippen LogP contribution is 2.21. The Morgan fingerprint density at radius 2 is 2.08 bits per heavy atom. The third kappa shape index (κ3) is 3.75. The normalized spacial score (nSPS) is 16.6. The number of hydrogen-bond acceptors (Lipinski definition) is 5. The molecular formula is C18H24N4O3. The summed E-state index contributed by atoms with van der Waals surface area (Å²) in [4.78, 5) is 24.9. The summed E-state index contributed by atoms with van der Waals surface area (Å²) in [5, 5.41) is 7.32. The van der Waals surface area contributed by atoms with Crippen LogP contribution in [-0.2, 0) is 4.79 Å². The number of amides is 1. The molecule has 2 aromatic rings. The first kappa shape index (κ1) is 17.3. The lowest BCUT2D eigenvalue weighted by atomic mass is 9.95. The van der Waals surface area contributed by atoms with Gasteiger partial charge in [-0.2, -0.15) is 5.10 Å². The van der Waals surface area contributed by atoms with Crippen molar-refractivity contribution in [3.05, 3.63) is 34.3 Å². The molecule has 7 heteroatoms. The second kappa shape index (κ2) is 7.13. The van der Waals surface area contributed by atoms with Gasteiger partial charge in [0.2, 0.25) is 5.91 Å². The summed E-state index contributed by atoms with van der Waals surface area (Å²) in [5.74, 6) is 1.03. The molecule has 134 valence electrons. The number of nitrogen functional groups attached to an aromatic ring is 1. The number of rotatable bonds is 4. The van der Waals surface area contributed by atoms with Gasteiger partial charge >= 0.3 is 0 Å². The van der Waals surface area contributed by atoms with E-state index in [9.17, 15) is 9.59 Å². The quantitative estimate of drug-likeness (QED) is 0.886. The first-order chi connectivity index (χ1) is 12.0. The number of nitrogens with zero attached hydrogens (tertiary/aromatic N) is 2. The zero-order valence-corrected chi connectivity index (χ0v) is 14.6. The van der Waals surface area contributed by atoms with Crippen LogP contribution in [0.3, 0.4) is 0 Å². The van der Waals surface area contributed by atoms with E-state index < -0.39 is 11.6 Å². The van der Waals surface area contributed by atoms with Crippen LogP contribution < -0.4 is 16.6 Å². The van der Waals surface area contributed by atoms with Crippen molar-refractivity contribution in [2.24, 2.45) is 0 Å². The molecule has 0 aliphatic heterocycles. The molecule has 1 amide bonds. The van der Waals surface area contributed by atoms with E-state index in [2.05, 4.69) is 10.4 Å². The number of aromatic nitrogens is 2. The van der Waals surface area contributed by atoms with Gasteiger partial charge in [-0.25, -0.2) is 4.68 Å². The van der Waals surface area contributed by atoms with Gasteiger partial charge in [-0.3, -0.25) is 9.59 Å². The van der Waals surface area contributed by atoms with E-state index in [1.165, 1.54) is 12.5 Å². The molecule has 1 atom stereocenters. The molecule has 1 aliphatic carbocycles. The monoisotopic (exact) mass is 344 g/mol. The Hall–Kier alpha value is -2.57. The molecule has 25 heavy (non-hydrogen) atoms. The molecule has 0 aromatic carbocycles. The maximum Gasteiger partial charge on any atom is 0.290 e. The third-order valence-electron chi connectivity index (χ3n) is 4.65. The van der Waals surface area contributed by atoms with Gasteiger partial charge in [-0.1, -0.05) is 19.3 Å². The van der Waals surface area contributed by atoms with E-state index in [1.807, 2.05) is 13.0 Å². The molecule has 3 N–H and O–H groups in total. The third-order valence-corrected chi connectivity index (χ3v) is 4.65. The Balaban J connectivity index is 1.85. The number of aryl methyl sites for hydroxylation is 1. The first-order valence-electron chi connectivity index (χ1n) is 8.72. The van der Waals surface area contributed by atoms with Crippen molar-refractivity contribution < 1.29 is 9.21 Å². The fourth-order valence-corrected chi connectivity index (χ4v) is 3.17. The van der Waals surface area contributed by atoms with Crippen molar-refractivity contribution in [1.82, 2.24) is 15.1 Å². The van der Waals surface area contributed by atoms with Crippen LogP contribution in [-0.4, -0.2) is 21.7 Å². The predicted octanol–water partition coefficient (Wildman–Crippen LogP) is 2.40. The van der Waals surface area contributed by atoms with Crippen LogP contribution in [0.4, 0.5) is 5.69 Å². The Labute approximate surface area is 146 Å². The fraction of sp³-hybridized carbons (Fsp3) is 0.500. The van der Waals surface area contributed by atoms with Crippen molar-refractivity contribution in [3.8, 4) is 11.5 Å². The molecule has 1 fully saturated rings. The summed E-state index contributed by atoms with van der Waals surface area (Å²) < 4.78 is 6.69. The first-order valence-corrected chi connectivity index (χ1v) is 8.72. The van der Waals surface area contributed by atoms with Crippen molar-refractivity contribution in [2.45, 2.75) is 58.0 Å². The maximum absolute atomic E-state index is 12.6. The van der Waals surface area contributed by atoms with E-state index in [0.717, 1.165) is 36.1 Å². The molecule has 0 unspecified atom stereocenters. The number of nitrogens with one attached hydrogen (secondary N) is 1. The van der Waals surface area contributed by atoms with Gasteiger partial charge < -0.3 is 15.5 Å². The summed E-state index contributed by atoms with van der Waals surface area (Å²) in [5.41, 5.74) is 5.84. The van der Waals surface area contributed by atoms with Crippen LogP contribution in [0.1, 0.15) is 50.8 Å². The molecule has 3 rings (SSSR count). The SMILES string of the molecule is Cc1ccc(-c2cc(N)c(=O)n([C@@H](C)C(=O)NC3CCCCC3)n2)o1. The average molecular weight is 344 g/mol. The molecular weight excluding hydrogens is 320 g/mol. The van der Waals surface area contributed by atoms with Gasteiger partial charge in [-0.05, 0) is 44.9 Å². The van der Waals surface area contributed by atoms with Crippen LogP contribution in [0.25, 0.3) is 11.5 Å². The minimum absolute atomic E-state index is 0.0383. The Morgan fingerprint density at radius 3 is 2.72 bits per heavy atom. The number of carbonyl (C=O) groups is 1. The number of furan rings is 1. The largest absolute Gasteiger partial charge is 0.460 e. The van der Waals surface area contributed by atoms with Gasteiger partial charge in [-0.15, -0.1) is 0 Å². The molecule has 1 saturated carbocycles. The summed E-state index contributed by atoms with van der Waals surface area (Å²) in [7, 11) is 0. The second-order valence-corrected chi connectivity index (χ2v) is 6.66. The molecule has 0 spiro atoms. The van der Waals surface area contributed by atoms with E-state index in [4.69, 9.17) is 10.2 Å². The summed E-state index contributed by atoms with van der Waals surface area (Å²) >= 11 is 0. The van der Waals surface area contributed by atoms with Crippen molar-refractivity contribution in [2.75, 3.05) is 5.73 Å². The smallest absolute Gasteiger partial charge is 0.290 e. The highest BCUT2D eigenvalue weighted by atomic mass is 16.3. The lowest BCUT2D eigenvalue weighted by Gasteiger charge is -2.24. The van der Waals surface area contributed by atoms with Crippen LogP contribution >= 0.6 is 0 Å². The zero-order chi connectivity index (χ0) is 18.0. The van der Waals surface area contributed by atoms with Gasteiger partial charge in [0.1, 0.15) is 23.2 Å². The van der Waals surface area contributed by atoms with Crippen LogP contribution in [0.2, 0.25) is 0 Å². The number of carbonyl (C=O) groups excluding carboxylic acids is 1. The highest BCUT2D eigenvalue weighted by molar-refractivity contribution is 5.80. The number of hydrogen-bond donors (Lipinski definition) is 2. The molecule has 0 bridgehead atoms. The second-order valence-electron chi connectivity index (χ2n) is 6.66. The summed E-state index contributed by atoms with van der Waals surface area (Å²) in [6.45, 7) is 3.48. The maximum atomic E-state index is 12.6. The van der Waals surface area contributed by atoms with E-state index in [-0.39, 0.29) is 17.6 Å². The minimum atomic E-state index is -0.743. The molecule has 2 aromatic heterocycles. The van der Waals surface area contributed by atoms with Crippen LogP contribution in [0.15, 0.2) is 27.4 Å². The van der Waals surface area contributed by atoms with Crippen molar-refractivity contribution in [1.29, 1.82) is 0 Å². The summed E-state index contributed by atoms with van der Waals surface area (Å²) in [6, 6.07) is 4.48. The highest BCUT2D eigenvalue weighted by Gasteiger charge is 2.23. The average Bonchev–Trinajstić information content (AvgIpc) is 3.04. The molecule has 7 nitrogen and oxygen atoms in total. The fourth-order valence-electron chi connectivity index (χ4n) is 3.17. The standard InChI is InChI=1S/C18H24N4O3/c1-11-8-9-16(25-11)15-10-14(19)18(24)22(21-15)12(2)17(23)20-13-6-4-3-5-7-13/h8-10,12-13H,3-7,19H2,1-2H3,(H,20,23)/t12-/m0/s1. The molecule has 1 aliphatic rings. The van der Waals surface area contributed by atoms with E-state index >= 15 is 0 Å². The minimum Gasteiger partial charge on any atom is -0.460 e. The Bertz CT molecular complexity index is 818. The van der Waals surface area contributed by atoms with Crippen molar-refractivity contribution in [3.63, 3.8) is 0 Å². The van der Waals surface area contributed by atoms with Crippen molar-refractivity contribution >= 4 is 11.6 Å². The summed E-state index contributed by atoms with van der Waals surface area (Å²) in [6.07, 6.45) is 5.42. The van der Waals surface area contributed by atoms with Crippen LogP contribution in [0, 0.1) is 6.92 Å². The zero-order valence-electron chi connectivity index (χ0n) is 14.6. The van der Waals surface area contributed by atoms with E-state index in [1.54, 1.807) is 13.0 Å². The van der Waals surface area contributed by atoms with E-state index in [0.29, 0.717) is 11.5 Å².